The van der Waals surface area contributed by atoms with Gasteiger partial charge in [0, 0.05) is 11.3 Å². The Hall–Kier alpha value is -2.03. The molecule has 0 saturated carbocycles. The third-order valence-corrected chi connectivity index (χ3v) is 3.62. The average Bonchev–Trinajstić information content (AvgIpc) is 2.68. The third-order valence-electron chi connectivity index (χ3n) is 2.68. The van der Waals surface area contributed by atoms with Crippen LogP contribution in [-0.2, 0) is 20.1 Å². The lowest BCUT2D eigenvalue weighted by Crippen LogP contribution is -2.42. The molecule has 1 heterocycles. The van der Waals surface area contributed by atoms with E-state index in [1.807, 2.05) is 0 Å². The minimum Gasteiger partial charge on any atom is -0.480 e. The number of carboxylic acid groups (broad SMARTS) is 1. The lowest BCUT2D eigenvalue weighted by atomic mass is 10.2. The van der Waals surface area contributed by atoms with Crippen LogP contribution in [0.1, 0.15) is 17.0 Å². The van der Waals surface area contributed by atoms with E-state index in [1.54, 1.807) is 13.8 Å². The topological polar surface area (TPSA) is 127 Å². The van der Waals surface area contributed by atoms with Crippen LogP contribution in [-0.4, -0.2) is 51.8 Å². The number of nitrogens with zero attached hydrogens (tertiary/aromatic N) is 2. The van der Waals surface area contributed by atoms with Crippen LogP contribution in [0.25, 0.3) is 0 Å². The van der Waals surface area contributed by atoms with Gasteiger partial charge in [0.2, 0.25) is 11.8 Å². The molecule has 2 amide bonds. The highest BCUT2D eigenvalue weighted by Gasteiger charge is 2.19. The predicted octanol–water partition coefficient (Wildman–Crippen LogP) is -0.0769. The number of primary amides is 1. The smallest absolute Gasteiger partial charge is 0.323 e. The Labute approximate surface area is 125 Å². The van der Waals surface area contributed by atoms with Gasteiger partial charge in [-0.2, -0.15) is 0 Å². The third kappa shape index (κ3) is 5.46. The first kappa shape index (κ1) is 17.0. The molecule has 9 heteroatoms. The van der Waals surface area contributed by atoms with Gasteiger partial charge in [-0.15, -0.1) is 11.8 Å². The molecule has 0 aromatic carbocycles. The Morgan fingerprint density at radius 1 is 1.33 bits per heavy atom. The van der Waals surface area contributed by atoms with Gasteiger partial charge in [0.1, 0.15) is 12.3 Å². The number of aliphatic carboxylic acids is 1. The highest BCUT2D eigenvalue weighted by atomic mass is 32.2. The van der Waals surface area contributed by atoms with E-state index in [1.165, 1.54) is 11.8 Å². The Balaban J connectivity index is 2.53. The molecule has 3 N–H and O–H groups in total. The molecule has 0 aliphatic carbocycles. The lowest BCUT2D eigenvalue weighted by molar-refractivity contribution is -0.144. The van der Waals surface area contributed by atoms with Crippen molar-refractivity contribution in [3.05, 3.63) is 17.0 Å². The van der Waals surface area contributed by atoms with E-state index in [2.05, 4.69) is 5.16 Å². The summed E-state index contributed by atoms with van der Waals surface area (Å²) < 4.78 is 5.01. The van der Waals surface area contributed by atoms with E-state index in [0.717, 1.165) is 16.2 Å². The maximum Gasteiger partial charge on any atom is 0.323 e. The summed E-state index contributed by atoms with van der Waals surface area (Å²) in [6.45, 7) is 2.63. The zero-order valence-corrected chi connectivity index (χ0v) is 12.6. The second-order valence-electron chi connectivity index (χ2n) is 4.41. The van der Waals surface area contributed by atoms with Crippen LogP contribution in [0.2, 0.25) is 0 Å². The first-order valence-corrected chi connectivity index (χ1v) is 7.24. The van der Waals surface area contributed by atoms with Crippen LogP contribution >= 0.6 is 11.8 Å². The molecule has 0 unspecified atom stereocenters. The van der Waals surface area contributed by atoms with Crippen molar-refractivity contribution in [2.45, 2.75) is 19.6 Å². The first-order chi connectivity index (χ1) is 9.81. The highest BCUT2D eigenvalue weighted by molar-refractivity contribution is 7.99. The van der Waals surface area contributed by atoms with Crippen molar-refractivity contribution < 1.29 is 24.0 Å². The van der Waals surface area contributed by atoms with Gasteiger partial charge < -0.3 is 20.3 Å². The highest BCUT2D eigenvalue weighted by Crippen LogP contribution is 2.19. The largest absolute Gasteiger partial charge is 0.480 e. The quantitative estimate of drug-likeness (QED) is 0.687. The number of carboxylic acids is 1. The van der Waals surface area contributed by atoms with Crippen molar-refractivity contribution in [1.29, 1.82) is 0 Å². The first-order valence-electron chi connectivity index (χ1n) is 6.08. The molecule has 0 radical (unpaired) electrons. The van der Waals surface area contributed by atoms with Crippen molar-refractivity contribution in [3.63, 3.8) is 0 Å². The fourth-order valence-electron chi connectivity index (χ4n) is 1.62. The summed E-state index contributed by atoms with van der Waals surface area (Å²) in [5.41, 5.74) is 6.67. The molecule has 0 atom stereocenters. The van der Waals surface area contributed by atoms with Gasteiger partial charge in [0.15, 0.2) is 0 Å². The maximum atomic E-state index is 11.9. The molecule has 0 bridgehead atoms. The summed E-state index contributed by atoms with van der Waals surface area (Å²) >= 11 is 1.29. The van der Waals surface area contributed by atoms with Gasteiger partial charge in [-0.25, -0.2) is 0 Å². The van der Waals surface area contributed by atoms with Crippen molar-refractivity contribution in [1.82, 2.24) is 10.1 Å². The molecule has 21 heavy (non-hydrogen) atoms. The van der Waals surface area contributed by atoms with E-state index < -0.39 is 30.9 Å². The molecule has 1 aromatic heterocycles. The van der Waals surface area contributed by atoms with E-state index in [-0.39, 0.29) is 5.75 Å². The summed E-state index contributed by atoms with van der Waals surface area (Å²) in [5.74, 6) is -1.14. The molecular formula is C12H17N3O5S. The van der Waals surface area contributed by atoms with Gasteiger partial charge in [0.25, 0.3) is 0 Å². The molecule has 1 rings (SSSR count). The van der Waals surface area contributed by atoms with Gasteiger partial charge >= 0.3 is 5.97 Å². The molecule has 116 valence electrons. The minimum absolute atomic E-state index is 0.0462. The molecule has 0 saturated heterocycles. The number of hydrogen-bond donors (Lipinski definition) is 2. The van der Waals surface area contributed by atoms with Crippen LogP contribution in [0.3, 0.4) is 0 Å². The monoisotopic (exact) mass is 315 g/mol. The Bertz CT molecular complexity index is 507. The average molecular weight is 315 g/mol. The molecular weight excluding hydrogens is 298 g/mol. The Kier molecular flexibility index (Phi) is 6.22. The molecule has 8 nitrogen and oxygen atoms in total. The number of carbonyl (C=O) groups is 3. The van der Waals surface area contributed by atoms with Crippen LogP contribution in [0, 0.1) is 13.8 Å². The number of nitrogens with two attached hydrogens (primary N) is 1. The van der Waals surface area contributed by atoms with Gasteiger partial charge in [-0.05, 0) is 13.8 Å². The van der Waals surface area contributed by atoms with Crippen molar-refractivity contribution >= 4 is 29.5 Å². The number of thioether (sulfide) groups is 1. The standard InChI is InChI=1S/C12H17N3O5S/c1-7-9(8(2)20-14-7)5-21-6-11(17)15(3-10(13)16)4-12(18)19/h3-6H2,1-2H3,(H2,13,16)(H,18,19). The number of hydrogen-bond acceptors (Lipinski definition) is 6. The number of rotatable bonds is 8. The van der Waals surface area contributed by atoms with Gasteiger partial charge in [-0.3, -0.25) is 14.4 Å². The lowest BCUT2D eigenvalue weighted by Gasteiger charge is -2.18. The number of carbonyl (C=O) groups excluding carboxylic acids is 2. The second-order valence-corrected chi connectivity index (χ2v) is 5.39. The summed E-state index contributed by atoms with van der Waals surface area (Å²) in [7, 11) is 0. The number of aromatic nitrogens is 1. The van der Waals surface area contributed by atoms with Gasteiger partial charge in [0.05, 0.1) is 18.0 Å². The summed E-state index contributed by atoms with van der Waals surface area (Å²) in [6, 6.07) is 0. The summed E-state index contributed by atoms with van der Waals surface area (Å²) in [5, 5.41) is 12.5. The van der Waals surface area contributed by atoms with Crippen LogP contribution in [0.4, 0.5) is 0 Å². The maximum absolute atomic E-state index is 11.9. The fourth-order valence-corrected chi connectivity index (χ4v) is 2.70. The number of aryl methyl sites for hydroxylation is 2. The zero-order chi connectivity index (χ0) is 16.0. The van der Waals surface area contributed by atoms with Gasteiger partial charge in [-0.1, -0.05) is 5.16 Å². The zero-order valence-electron chi connectivity index (χ0n) is 11.8. The predicted molar refractivity (Wildman–Crippen MR) is 75.5 cm³/mol. The van der Waals surface area contributed by atoms with Crippen molar-refractivity contribution in [3.8, 4) is 0 Å². The SMILES string of the molecule is Cc1noc(C)c1CSCC(=O)N(CC(N)=O)CC(=O)O. The molecule has 0 fully saturated rings. The van der Waals surface area contributed by atoms with E-state index in [9.17, 15) is 14.4 Å². The second kappa shape index (κ2) is 7.67. The van der Waals surface area contributed by atoms with Crippen LogP contribution < -0.4 is 5.73 Å². The summed E-state index contributed by atoms with van der Waals surface area (Å²) in [6.07, 6.45) is 0. The fraction of sp³-hybridized carbons (Fsp3) is 0.500. The van der Waals surface area contributed by atoms with E-state index >= 15 is 0 Å². The summed E-state index contributed by atoms with van der Waals surface area (Å²) in [4.78, 5) is 34.4. The number of amides is 2. The Morgan fingerprint density at radius 2 is 2.00 bits per heavy atom. The van der Waals surface area contributed by atoms with Crippen molar-refractivity contribution in [2.24, 2.45) is 5.73 Å². The molecule has 0 aliphatic heterocycles. The minimum atomic E-state index is -1.19. The van der Waals surface area contributed by atoms with Crippen LogP contribution in [0.5, 0.6) is 0 Å². The van der Waals surface area contributed by atoms with Crippen molar-refractivity contribution in [2.75, 3.05) is 18.8 Å². The van der Waals surface area contributed by atoms with Crippen LogP contribution in [0.15, 0.2) is 4.52 Å². The Morgan fingerprint density at radius 3 is 2.48 bits per heavy atom. The molecule has 0 aliphatic rings. The molecule has 0 spiro atoms. The molecule has 1 aromatic rings. The normalized spacial score (nSPS) is 10.4. The van der Waals surface area contributed by atoms with E-state index in [0.29, 0.717) is 11.5 Å². The van der Waals surface area contributed by atoms with E-state index in [4.69, 9.17) is 15.4 Å².